The normalized spacial score (nSPS) is 12.7. The van der Waals surface area contributed by atoms with Gasteiger partial charge in [0.15, 0.2) is 0 Å². The number of rotatable bonds is 12. The van der Waals surface area contributed by atoms with Crippen molar-refractivity contribution in [3.63, 3.8) is 0 Å². The van der Waals surface area contributed by atoms with Crippen molar-refractivity contribution in [3.05, 3.63) is 64.2 Å². The van der Waals surface area contributed by atoms with E-state index in [0.717, 1.165) is 24.0 Å². The number of nitrogens with one attached hydrogen (secondary N) is 2. The quantitative estimate of drug-likeness (QED) is 0.292. The molecule has 2 aromatic rings. The van der Waals surface area contributed by atoms with Crippen LogP contribution in [0.1, 0.15) is 76.1 Å². The number of ether oxygens (including phenoxy) is 1. The first-order valence-corrected chi connectivity index (χ1v) is 13.8. The summed E-state index contributed by atoms with van der Waals surface area (Å²) in [6, 6.07) is 10.1. The van der Waals surface area contributed by atoms with Gasteiger partial charge in [0.05, 0.1) is 17.1 Å². The zero-order valence-electron chi connectivity index (χ0n) is 24.2. The second-order valence-corrected chi connectivity index (χ2v) is 11.2. The van der Waals surface area contributed by atoms with E-state index in [1.54, 1.807) is 45.0 Å². The van der Waals surface area contributed by atoms with Crippen molar-refractivity contribution in [2.45, 2.75) is 84.9 Å². The van der Waals surface area contributed by atoms with E-state index in [0.29, 0.717) is 22.7 Å². The highest BCUT2D eigenvalue weighted by atomic mass is 35.5. The molecule has 2 unspecified atom stereocenters. The molecule has 2 aromatic carbocycles. The highest BCUT2D eigenvalue weighted by Crippen LogP contribution is 2.30. The van der Waals surface area contributed by atoms with Crippen LogP contribution in [0.5, 0.6) is 0 Å². The lowest BCUT2D eigenvalue weighted by Gasteiger charge is -2.34. The SMILES string of the molecule is CCCCCN(C(=O)C(CC(N)=O)NC(=O)OC(C)(C)C)C(C(=O)Nc1c(C)cccc1Cl)c1ccc(C)cc1. The van der Waals surface area contributed by atoms with Crippen molar-refractivity contribution < 1.29 is 23.9 Å². The van der Waals surface area contributed by atoms with Gasteiger partial charge in [0.25, 0.3) is 5.91 Å². The summed E-state index contributed by atoms with van der Waals surface area (Å²) in [7, 11) is 0. The maximum atomic E-state index is 14.1. The standard InChI is InChI=1S/C30H41ClN4O5/c1-7-8-9-17-35(28(38)23(18-24(32)36)33-29(39)40-30(4,5)6)26(21-15-13-19(2)14-16-21)27(37)34-25-20(3)11-10-12-22(25)31/h10-16,23,26H,7-9,17-18H2,1-6H3,(H2,32,36)(H,33,39)(H,34,37). The first kappa shape index (κ1) is 32.6. The number of primary amides is 1. The Morgan fingerprint density at radius 2 is 1.68 bits per heavy atom. The summed E-state index contributed by atoms with van der Waals surface area (Å²) in [6.07, 6.45) is 0.940. The zero-order valence-corrected chi connectivity index (χ0v) is 24.9. The number of para-hydroxylation sites is 1. The topological polar surface area (TPSA) is 131 Å². The van der Waals surface area contributed by atoms with E-state index < -0.39 is 47.9 Å². The van der Waals surface area contributed by atoms with Crippen LogP contribution in [0.25, 0.3) is 0 Å². The number of aryl methyl sites for hydroxylation is 2. The first-order chi connectivity index (χ1) is 18.7. The van der Waals surface area contributed by atoms with Gasteiger partial charge < -0.3 is 26.0 Å². The Morgan fingerprint density at radius 1 is 1.02 bits per heavy atom. The lowest BCUT2D eigenvalue weighted by Crippen LogP contribution is -2.53. The molecule has 10 heteroatoms. The van der Waals surface area contributed by atoms with E-state index in [1.807, 2.05) is 39.0 Å². The summed E-state index contributed by atoms with van der Waals surface area (Å²) in [6.45, 7) is 11.0. The average molecular weight is 573 g/mol. The van der Waals surface area contributed by atoms with Crippen molar-refractivity contribution in [2.24, 2.45) is 5.73 Å². The number of alkyl carbamates (subject to hydrolysis) is 1. The number of hydrogen-bond acceptors (Lipinski definition) is 5. The van der Waals surface area contributed by atoms with Crippen molar-refractivity contribution in [1.82, 2.24) is 10.2 Å². The molecule has 0 aliphatic heterocycles. The fourth-order valence-corrected chi connectivity index (χ4v) is 4.42. The molecule has 2 atom stereocenters. The smallest absolute Gasteiger partial charge is 0.408 e. The Hall–Kier alpha value is -3.59. The Balaban J connectivity index is 2.58. The van der Waals surface area contributed by atoms with Crippen molar-refractivity contribution in [1.29, 1.82) is 0 Å². The van der Waals surface area contributed by atoms with Crippen molar-refractivity contribution in [2.75, 3.05) is 11.9 Å². The number of nitrogens with zero attached hydrogens (tertiary/aromatic N) is 1. The number of carbonyl (C=O) groups excluding carboxylic acids is 4. The molecule has 9 nitrogen and oxygen atoms in total. The molecule has 0 radical (unpaired) electrons. The first-order valence-electron chi connectivity index (χ1n) is 13.4. The minimum absolute atomic E-state index is 0.200. The molecule has 40 heavy (non-hydrogen) atoms. The average Bonchev–Trinajstić information content (AvgIpc) is 2.84. The molecule has 0 saturated carbocycles. The molecule has 0 aromatic heterocycles. The van der Waals surface area contributed by atoms with Gasteiger partial charge >= 0.3 is 6.09 Å². The van der Waals surface area contributed by atoms with Gasteiger partial charge in [-0.25, -0.2) is 4.79 Å². The molecule has 0 aliphatic carbocycles. The molecule has 0 aliphatic rings. The second-order valence-electron chi connectivity index (χ2n) is 10.8. The van der Waals surface area contributed by atoms with Gasteiger partial charge in [-0.3, -0.25) is 14.4 Å². The summed E-state index contributed by atoms with van der Waals surface area (Å²) >= 11 is 6.40. The fourth-order valence-electron chi connectivity index (χ4n) is 4.15. The highest BCUT2D eigenvalue weighted by molar-refractivity contribution is 6.34. The van der Waals surface area contributed by atoms with Gasteiger partial charge in [-0.1, -0.05) is 73.3 Å². The number of hydrogen-bond donors (Lipinski definition) is 3. The maximum absolute atomic E-state index is 14.1. The van der Waals surface area contributed by atoms with Crippen molar-refractivity contribution >= 4 is 41.1 Å². The predicted molar refractivity (Wildman–Crippen MR) is 157 cm³/mol. The van der Waals surface area contributed by atoms with Crippen molar-refractivity contribution in [3.8, 4) is 0 Å². The lowest BCUT2D eigenvalue weighted by molar-refractivity contribution is -0.142. The molecule has 0 fully saturated rings. The van der Waals surface area contributed by atoms with Crippen LogP contribution in [-0.2, 0) is 19.1 Å². The summed E-state index contributed by atoms with van der Waals surface area (Å²) in [5.41, 5.74) is 7.36. The minimum atomic E-state index is -1.34. The molecule has 4 amide bonds. The monoisotopic (exact) mass is 572 g/mol. The van der Waals surface area contributed by atoms with E-state index in [-0.39, 0.29) is 6.54 Å². The third-order valence-electron chi connectivity index (χ3n) is 6.10. The minimum Gasteiger partial charge on any atom is -0.444 e. The number of benzene rings is 2. The molecule has 0 saturated heterocycles. The molecule has 4 N–H and O–H groups in total. The second kappa shape index (κ2) is 14.7. The van der Waals surface area contributed by atoms with Crippen LogP contribution in [0.4, 0.5) is 10.5 Å². The molecule has 0 heterocycles. The zero-order chi connectivity index (χ0) is 30.0. The Morgan fingerprint density at radius 3 is 2.23 bits per heavy atom. The van der Waals surface area contributed by atoms with E-state index in [4.69, 9.17) is 22.1 Å². The predicted octanol–water partition coefficient (Wildman–Crippen LogP) is 5.42. The molecule has 0 bridgehead atoms. The van der Waals surface area contributed by atoms with E-state index >= 15 is 0 Å². The summed E-state index contributed by atoms with van der Waals surface area (Å²) in [5, 5.41) is 5.75. The Bertz CT molecular complexity index is 1170. The maximum Gasteiger partial charge on any atom is 0.408 e. The molecular weight excluding hydrogens is 532 g/mol. The van der Waals surface area contributed by atoms with Gasteiger partial charge in [-0.05, 0) is 58.2 Å². The molecule has 218 valence electrons. The summed E-state index contributed by atoms with van der Waals surface area (Å²) < 4.78 is 5.32. The highest BCUT2D eigenvalue weighted by Gasteiger charge is 2.37. The molecule has 0 spiro atoms. The van der Waals surface area contributed by atoms with Crippen LogP contribution in [0.3, 0.4) is 0 Å². The van der Waals surface area contributed by atoms with E-state index in [9.17, 15) is 19.2 Å². The molecule has 2 rings (SSSR count). The summed E-state index contributed by atoms with van der Waals surface area (Å²) in [5.74, 6) is -1.90. The lowest BCUT2D eigenvalue weighted by atomic mass is 10.00. The largest absolute Gasteiger partial charge is 0.444 e. The number of amides is 4. The Labute approximate surface area is 241 Å². The summed E-state index contributed by atoms with van der Waals surface area (Å²) in [4.78, 5) is 54.0. The number of anilines is 1. The van der Waals surface area contributed by atoms with Crippen LogP contribution in [0.2, 0.25) is 5.02 Å². The third-order valence-corrected chi connectivity index (χ3v) is 6.42. The number of halogens is 1. The van der Waals surface area contributed by atoms with Crippen LogP contribution < -0.4 is 16.4 Å². The van der Waals surface area contributed by atoms with E-state index in [1.165, 1.54) is 4.90 Å². The van der Waals surface area contributed by atoms with Crippen LogP contribution in [-0.4, -0.2) is 46.9 Å². The van der Waals surface area contributed by atoms with Crippen LogP contribution >= 0.6 is 11.6 Å². The third kappa shape index (κ3) is 9.86. The van der Waals surface area contributed by atoms with Crippen LogP contribution in [0, 0.1) is 13.8 Å². The van der Waals surface area contributed by atoms with Gasteiger partial charge in [0.1, 0.15) is 17.7 Å². The number of nitrogens with two attached hydrogens (primary N) is 1. The number of unbranched alkanes of at least 4 members (excludes halogenated alkanes) is 2. The number of carbonyl (C=O) groups is 4. The van der Waals surface area contributed by atoms with Gasteiger partial charge in [-0.15, -0.1) is 0 Å². The Kier molecular flexibility index (Phi) is 12.0. The fraction of sp³-hybridized carbons (Fsp3) is 0.467. The van der Waals surface area contributed by atoms with Crippen LogP contribution in [0.15, 0.2) is 42.5 Å². The van der Waals surface area contributed by atoms with Gasteiger partial charge in [-0.2, -0.15) is 0 Å². The van der Waals surface area contributed by atoms with Gasteiger partial charge in [0.2, 0.25) is 11.8 Å². The van der Waals surface area contributed by atoms with Gasteiger partial charge in [0, 0.05) is 6.54 Å². The molecular formula is C30H41ClN4O5. The van der Waals surface area contributed by atoms with E-state index in [2.05, 4.69) is 10.6 Å².